The standard InChI is InChI=1S/C15H20O/c1-10(8-11(2)16)15-9-13(12(15)3)6-7-14(15,4)5/h7,10H,3,8-9H2,1-2,4-5H3/t10?,15-/m0/s1. The Morgan fingerprint density at radius 3 is 2.69 bits per heavy atom. The van der Waals surface area contributed by atoms with Gasteiger partial charge in [-0.1, -0.05) is 27.4 Å². The van der Waals surface area contributed by atoms with E-state index in [-0.39, 0.29) is 16.6 Å². The molecule has 3 aliphatic rings. The van der Waals surface area contributed by atoms with Gasteiger partial charge >= 0.3 is 0 Å². The van der Waals surface area contributed by atoms with Crippen LogP contribution in [0.3, 0.4) is 0 Å². The first kappa shape index (κ1) is 11.4. The molecule has 0 aromatic carbocycles. The number of Topliss-reactive ketones (excluding diaryl/α,β-unsaturated/α-hetero) is 1. The van der Waals surface area contributed by atoms with Crippen LogP contribution in [0.15, 0.2) is 29.5 Å². The molecule has 0 N–H and O–H groups in total. The molecule has 0 spiro atoms. The van der Waals surface area contributed by atoms with Gasteiger partial charge < -0.3 is 4.79 Å². The van der Waals surface area contributed by atoms with Gasteiger partial charge in [-0.25, -0.2) is 0 Å². The Kier molecular flexibility index (Phi) is 2.29. The highest BCUT2D eigenvalue weighted by atomic mass is 16.1. The summed E-state index contributed by atoms with van der Waals surface area (Å²) in [5, 5.41) is 0. The molecule has 0 radical (unpaired) electrons. The smallest absolute Gasteiger partial charge is 0.130 e. The Labute approximate surface area is 97.9 Å². The van der Waals surface area contributed by atoms with Crippen molar-refractivity contribution in [3.05, 3.63) is 29.5 Å². The Hall–Kier alpha value is -1.07. The van der Waals surface area contributed by atoms with E-state index in [0.29, 0.717) is 12.3 Å². The van der Waals surface area contributed by atoms with Gasteiger partial charge in [-0.3, -0.25) is 0 Å². The van der Waals surface area contributed by atoms with Crippen LogP contribution >= 0.6 is 0 Å². The van der Waals surface area contributed by atoms with Gasteiger partial charge in [0.05, 0.1) is 0 Å². The molecule has 0 aromatic rings. The van der Waals surface area contributed by atoms with Gasteiger partial charge in [0.15, 0.2) is 0 Å². The molecule has 2 atom stereocenters. The molecular weight excluding hydrogens is 196 g/mol. The molecule has 2 bridgehead atoms. The Balaban J connectivity index is 2.37. The first-order valence-corrected chi connectivity index (χ1v) is 5.97. The van der Waals surface area contributed by atoms with Gasteiger partial charge in [0.1, 0.15) is 5.78 Å². The molecular formula is C15H20O. The lowest BCUT2D eigenvalue weighted by atomic mass is 9.43. The molecule has 0 saturated heterocycles. The van der Waals surface area contributed by atoms with Gasteiger partial charge in [0, 0.05) is 17.3 Å². The molecule has 0 amide bonds. The van der Waals surface area contributed by atoms with Crippen LogP contribution in [0.2, 0.25) is 0 Å². The number of ketones is 1. The van der Waals surface area contributed by atoms with Crippen molar-refractivity contribution in [2.75, 3.05) is 0 Å². The van der Waals surface area contributed by atoms with Crippen molar-refractivity contribution < 1.29 is 4.79 Å². The van der Waals surface area contributed by atoms with Crippen LogP contribution in [0.25, 0.3) is 0 Å². The highest BCUT2D eigenvalue weighted by Gasteiger charge is 2.58. The summed E-state index contributed by atoms with van der Waals surface area (Å²) in [5.74, 6) is 0.645. The number of rotatable bonds is 3. The fourth-order valence-electron chi connectivity index (χ4n) is 3.52. The Morgan fingerprint density at radius 1 is 1.62 bits per heavy atom. The number of hydrogen-bond acceptors (Lipinski definition) is 1. The van der Waals surface area contributed by atoms with Crippen molar-refractivity contribution in [3.63, 3.8) is 0 Å². The molecule has 1 nitrogen and oxygen atoms in total. The third-order valence-electron chi connectivity index (χ3n) is 4.55. The van der Waals surface area contributed by atoms with E-state index in [1.54, 1.807) is 6.92 Å². The summed E-state index contributed by atoms with van der Waals surface area (Å²) in [7, 11) is 0. The summed E-state index contributed by atoms with van der Waals surface area (Å²) in [4.78, 5) is 11.3. The summed E-state index contributed by atoms with van der Waals surface area (Å²) in [6.07, 6.45) is 3.87. The summed E-state index contributed by atoms with van der Waals surface area (Å²) in [5.41, 5.74) is 5.97. The average Bonchev–Trinajstić information content (AvgIpc) is 2.13. The van der Waals surface area contributed by atoms with Crippen LogP contribution in [0.4, 0.5) is 0 Å². The van der Waals surface area contributed by atoms with Gasteiger partial charge in [0.2, 0.25) is 0 Å². The second-order valence-corrected chi connectivity index (χ2v) is 5.92. The van der Waals surface area contributed by atoms with Crippen LogP contribution in [0.5, 0.6) is 0 Å². The van der Waals surface area contributed by atoms with Crippen LogP contribution in [0, 0.1) is 16.7 Å². The van der Waals surface area contributed by atoms with E-state index in [4.69, 9.17) is 0 Å². The van der Waals surface area contributed by atoms with Crippen molar-refractivity contribution in [1.82, 2.24) is 0 Å². The van der Waals surface area contributed by atoms with Crippen LogP contribution in [-0.4, -0.2) is 5.78 Å². The lowest BCUT2D eigenvalue weighted by Crippen LogP contribution is -2.52. The van der Waals surface area contributed by atoms with Gasteiger partial charge in [0.25, 0.3) is 0 Å². The minimum atomic E-state index is 0.0701. The van der Waals surface area contributed by atoms with Crippen molar-refractivity contribution in [3.8, 4) is 0 Å². The average molecular weight is 216 g/mol. The van der Waals surface area contributed by atoms with E-state index in [9.17, 15) is 4.79 Å². The SMILES string of the molecule is C=C1C2=C=CC(C)(C)[C@]1(C(C)CC(C)=O)C2. The van der Waals surface area contributed by atoms with Gasteiger partial charge in [-0.05, 0) is 36.5 Å². The van der Waals surface area contributed by atoms with E-state index >= 15 is 0 Å². The van der Waals surface area contributed by atoms with Crippen molar-refractivity contribution >= 4 is 5.78 Å². The lowest BCUT2D eigenvalue weighted by molar-refractivity contribution is -0.119. The zero-order valence-corrected chi connectivity index (χ0v) is 10.7. The zero-order chi connectivity index (χ0) is 12.1. The predicted molar refractivity (Wildman–Crippen MR) is 66.0 cm³/mol. The second-order valence-electron chi connectivity index (χ2n) is 5.92. The first-order valence-electron chi connectivity index (χ1n) is 5.97. The third-order valence-corrected chi connectivity index (χ3v) is 4.55. The Bertz CT molecular complexity index is 432. The summed E-state index contributed by atoms with van der Waals surface area (Å²) in [6, 6.07) is 0. The third kappa shape index (κ3) is 1.21. The molecule has 16 heavy (non-hydrogen) atoms. The molecule has 3 aliphatic carbocycles. The van der Waals surface area contributed by atoms with Crippen LogP contribution in [-0.2, 0) is 4.79 Å². The highest BCUT2D eigenvalue weighted by molar-refractivity contribution is 5.76. The van der Waals surface area contributed by atoms with Crippen LogP contribution < -0.4 is 0 Å². The number of carbonyl (C=O) groups excluding carboxylic acids is 1. The quantitative estimate of drug-likeness (QED) is 0.658. The monoisotopic (exact) mass is 216 g/mol. The second kappa shape index (κ2) is 3.21. The van der Waals surface area contributed by atoms with E-state index in [1.165, 1.54) is 11.1 Å². The summed E-state index contributed by atoms with van der Waals surface area (Å²) in [6.45, 7) is 12.5. The molecule has 0 aromatic heterocycles. The number of hydrogen-bond donors (Lipinski definition) is 0. The maximum Gasteiger partial charge on any atom is 0.130 e. The molecule has 1 heteroatoms. The fraction of sp³-hybridized carbons (Fsp3) is 0.600. The fourth-order valence-corrected chi connectivity index (χ4v) is 3.52. The van der Waals surface area contributed by atoms with Crippen molar-refractivity contribution in [2.45, 2.75) is 40.5 Å². The first-order chi connectivity index (χ1) is 7.31. The topological polar surface area (TPSA) is 17.1 Å². The minimum absolute atomic E-state index is 0.0701. The molecule has 86 valence electrons. The molecule has 1 saturated carbocycles. The molecule has 1 fully saturated rings. The van der Waals surface area contributed by atoms with Gasteiger partial charge in [-0.2, -0.15) is 0 Å². The summed E-state index contributed by atoms with van der Waals surface area (Å²) >= 11 is 0. The highest BCUT2D eigenvalue weighted by Crippen LogP contribution is 2.66. The zero-order valence-electron chi connectivity index (χ0n) is 10.7. The maximum atomic E-state index is 11.3. The largest absolute Gasteiger partial charge is 0.300 e. The number of fused-ring (bicyclic) bond motifs is 1. The number of allylic oxidation sites excluding steroid dienone is 2. The van der Waals surface area contributed by atoms with Gasteiger partial charge in [-0.15, -0.1) is 5.73 Å². The lowest BCUT2D eigenvalue weighted by Gasteiger charge is -2.59. The predicted octanol–water partition coefficient (Wildman–Crippen LogP) is 3.67. The summed E-state index contributed by atoms with van der Waals surface area (Å²) < 4.78 is 0. The molecule has 0 heterocycles. The van der Waals surface area contributed by atoms with Crippen molar-refractivity contribution in [2.24, 2.45) is 16.7 Å². The normalized spacial score (nSPS) is 31.8. The molecule has 1 unspecified atom stereocenters. The van der Waals surface area contributed by atoms with E-state index in [2.05, 4.69) is 39.2 Å². The van der Waals surface area contributed by atoms with E-state index in [0.717, 1.165) is 6.42 Å². The van der Waals surface area contributed by atoms with Crippen LogP contribution in [0.1, 0.15) is 40.5 Å². The van der Waals surface area contributed by atoms with Crippen molar-refractivity contribution in [1.29, 1.82) is 0 Å². The molecule has 0 aliphatic heterocycles. The molecule has 3 rings (SSSR count). The van der Waals surface area contributed by atoms with E-state index < -0.39 is 0 Å². The Morgan fingerprint density at radius 2 is 2.25 bits per heavy atom. The maximum absolute atomic E-state index is 11.3. The minimum Gasteiger partial charge on any atom is -0.300 e. The van der Waals surface area contributed by atoms with E-state index in [1.807, 2.05) is 0 Å². The number of carbonyl (C=O) groups is 1.